The van der Waals surface area contributed by atoms with E-state index in [-0.39, 0.29) is 17.4 Å². The number of nitrogens with zero attached hydrogens (tertiary/aromatic N) is 1. The predicted octanol–water partition coefficient (Wildman–Crippen LogP) is 3.60. The zero-order chi connectivity index (χ0) is 17.1. The summed E-state index contributed by atoms with van der Waals surface area (Å²) in [6.45, 7) is 0. The lowest BCUT2D eigenvalue weighted by Gasteiger charge is -2.05. The molecule has 1 amide bonds. The van der Waals surface area contributed by atoms with E-state index >= 15 is 0 Å². The fourth-order valence-corrected chi connectivity index (χ4v) is 2.54. The van der Waals surface area contributed by atoms with Crippen molar-refractivity contribution < 1.29 is 13.9 Å². The normalized spacial score (nSPS) is 15.4. The van der Waals surface area contributed by atoms with E-state index in [2.05, 4.69) is 10.3 Å². The Bertz CT molecular complexity index is 845. The second-order valence-electron chi connectivity index (χ2n) is 5.23. The molecule has 1 aliphatic rings. The highest BCUT2D eigenvalue weighted by Crippen LogP contribution is 2.26. The average Bonchev–Trinajstić information content (AvgIpc) is 2.89. The van der Waals surface area contributed by atoms with Crippen LogP contribution in [0.4, 0.5) is 4.39 Å². The summed E-state index contributed by atoms with van der Waals surface area (Å²) in [4.78, 5) is 16.4. The molecule has 4 nitrogen and oxygen atoms in total. The Balaban J connectivity index is 1.86. The minimum atomic E-state index is -0.301. The number of methoxy groups -OCH3 is 1. The molecule has 6 heteroatoms. The van der Waals surface area contributed by atoms with Crippen molar-refractivity contribution in [3.05, 3.63) is 70.1 Å². The molecule has 2 aromatic carbocycles. The number of carbonyl (C=O) groups is 1. The molecule has 0 fully saturated rings. The number of benzene rings is 2. The Morgan fingerprint density at radius 1 is 1.25 bits per heavy atom. The van der Waals surface area contributed by atoms with Gasteiger partial charge in [-0.25, -0.2) is 9.38 Å². The predicted molar refractivity (Wildman–Crippen MR) is 91.7 cm³/mol. The molecule has 1 aliphatic heterocycles. The first-order valence-electron chi connectivity index (χ1n) is 7.24. The van der Waals surface area contributed by atoms with Gasteiger partial charge in [0.25, 0.3) is 5.91 Å². The second kappa shape index (κ2) is 6.84. The lowest BCUT2D eigenvalue weighted by atomic mass is 10.1. The van der Waals surface area contributed by atoms with E-state index in [0.29, 0.717) is 28.6 Å². The van der Waals surface area contributed by atoms with Crippen molar-refractivity contribution >= 4 is 29.4 Å². The molecule has 24 heavy (non-hydrogen) atoms. The number of amides is 1. The third-order valence-corrected chi connectivity index (χ3v) is 3.75. The van der Waals surface area contributed by atoms with Crippen LogP contribution >= 0.6 is 11.6 Å². The molecular formula is C18H14ClFN2O2. The molecule has 0 unspecified atom stereocenters. The van der Waals surface area contributed by atoms with Gasteiger partial charge in [-0.2, -0.15) is 0 Å². The zero-order valence-electron chi connectivity index (χ0n) is 12.8. The number of aliphatic imine (C=N–C) groups is 1. The van der Waals surface area contributed by atoms with Crippen LogP contribution in [0.25, 0.3) is 6.08 Å². The van der Waals surface area contributed by atoms with E-state index in [4.69, 9.17) is 16.3 Å². The van der Waals surface area contributed by atoms with Crippen molar-refractivity contribution in [2.24, 2.45) is 4.99 Å². The van der Waals surface area contributed by atoms with Crippen LogP contribution < -0.4 is 10.1 Å². The van der Waals surface area contributed by atoms with Gasteiger partial charge >= 0.3 is 0 Å². The molecule has 0 aromatic heterocycles. The highest BCUT2D eigenvalue weighted by Gasteiger charge is 2.20. The molecule has 1 heterocycles. The number of carbonyl (C=O) groups excluding carboxylic acids is 1. The summed E-state index contributed by atoms with van der Waals surface area (Å²) in [5.41, 5.74) is 1.80. The topological polar surface area (TPSA) is 50.7 Å². The summed E-state index contributed by atoms with van der Waals surface area (Å²) in [5, 5.41) is 3.25. The van der Waals surface area contributed by atoms with Crippen LogP contribution in [0.1, 0.15) is 11.1 Å². The quantitative estimate of drug-likeness (QED) is 0.861. The Morgan fingerprint density at radius 3 is 2.71 bits per heavy atom. The number of hydrogen-bond donors (Lipinski definition) is 1. The van der Waals surface area contributed by atoms with Crippen LogP contribution in [-0.2, 0) is 11.2 Å². The van der Waals surface area contributed by atoms with Crippen molar-refractivity contribution in [3.8, 4) is 5.75 Å². The van der Waals surface area contributed by atoms with Gasteiger partial charge in [0.2, 0.25) is 0 Å². The average molecular weight is 345 g/mol. The number of amidine groups is 1. The first-order valence-corrected chi connectivity index (χ1v) is 7.61. The van der Waals surface area contributed by atoms with Gasteiger partial charge in [0.05, 0.1) is 7.11 Å². The van der Waals surface area contributed by atoms with Crippen LogP contribution in [0.3, 0.4) is 0 Å². The largest absolute Gasteiger partial charge is 0.496 e. The van der Waals surface area contributed by atoms with Gasteiger partial charge in [0, 0.05) is 17.0 Å². The van der Waals surface area contributed by atoms with Gasteiger partial charge < -0.3 is 10.1 Å². The fourth-order valence-electron chi connectivity index (χ4n) is 2.36. The molecular weight excluding hydrogens is 331 g/mol. The highest BCUT2D eigenvalue weighted by atomic mass is 35.5. The molecule has 0 spiro atoms. The molecule has 1 N–H and O–H groups in total. The molecule has 0 bridgehead atoms. The van der Waals surface area contributed by atoms with E-state index in [1.807, 2.05) is 0 Å². The fraction of sp³-hybridized carbons (Fsp3) is 0.111. The standard InChI is InChI=1S/C18H14ClFN2O2/c1-24-16-7-4-13(19)9-12(16)10-15-18(23)22-17(21-15)8-11-2-5-14(20)6-3-11/h2-7,9-10H,8H2,1H3,(H,21,22,23)/b15-10+. The van der Waals surface area contributed by atoms with Crippen LogP contribution in [0.15, 0.2) is 53.2 Å². The minimum absolute atomic E-state index is 0.271. The SMILES string of the molecule is COc1ccc(Cl)cc1/C=C1/N=C(Cc2ccc(F)cc2)NC1=O. The Kier molecular flexibility index (Phi) is 4.62. The number of hydrogen-bond acceptors (Lipinski definition) is 3. The molecule has 0 saturated carbocycles. The van der Waals surface area contributed by atoms with Crippen molar-refractivity contribution in [1.29, 1.82) is 0 Å². The van der Waals surface area contributed by atoms with Crippen LogP contribution in [-0.4, -0.2) is 18.9 Å². The van der Waals surface area contributed by atoms with Crippen molar-refractivity contribution in [1.82, 2.24) is 5.32 Å². The highest BCUT2D eigenvalue weighted by molar-refractivity contribution is 6.30. The number of nitrogens with one attached hydrogen (secondary N) is 1. The van der Waals surface area contributed by atoms with Crippen LogP contribution in [0.5, 0.6) is 5.75 Å². The summed E-state index contributed by atoms with van der Waals surface area (Å²) in [5.74, 6) is 0.514. The molecule has 2 aromatic rings. The van der Waals surface area contributed by atoms with Crippen molar-refractivity contribution in [2.75, 3.05) is 7.11 Å². The summed E-state index contributed by atoms with van der Waals surface area (Å²) < 4.78 is 18.2. The summed E-state index contributed by atoms with van der Waals surface area (Å²) in [6.07, 6.45) is 2.04. The number of rotatable bonds is 4. The molecule has 122 valence electrons. The third kappa shape index (κ3) is 3.63. The van der Waals surface area contributed by atoms with Crippen LogP contribution in [0.2, 0.25) is 5.02 Å². The maximum absolute atomic E-state index is 12.9. The van der Waals surface area contributed by atoms with Gasteiger partial charge in [-0.1, -0.05) is 23.7 Å². The molecule has 0 saturated heterocycles. The van der Waals surface area contributed by atoms with E-state index in [9.17, 15) is 9.18 Å². The van der Waals surface area contributed by atoms with Crippen molar-refractivity contribution in [2.45, 2.75) is 6.42 Å². The Morgan fingerprint density at radius 2 is 2.00 bits per heavy atom. The third-order valence-electron chi connectivity index (χ3n) is 3.51. The zero-order valence-corrected chi connectivity index (χ0v) is 13.6. The van der Waals surface area contributed by atoms with Crippen molar-refractivity contribution in [3.63, 3.8) is 0 Å². The van der Waals surface area contributed by atoms with Gasteiger partial charge in [-0.15, -0.1) is 0 Å². The van der Waals surface area contributed by atoms with E-state index in [1.165, 1.54) is 12.1 Å². The van der Waals surface area contributed by atoms with E-state index < -0.39 is 0 Å². The number of ether oxygens (including phenoxy) is 1. The monoisotopic (exact) mass is 344 g/mol. The first-order chi connectivity index (χ1) is 11.5. The summed E-state index contributed by atoms with van der Waals surface area (Å²) in [7, 11) is 1.54. The first kappa shape index (κ1) is 16.2. The lowest BCUT2D eigenvalue weighted by molar-refractivity contribution is -0.115. The van der Waals surface area contributed by atoms with E-state index in [0.717, 1.165) is 5.56 Å². The number of halogens is 2. The van der Waals surface area contributed by atoms with E-state index in [1.54, 1.807) is 43.5 Å². The second-order valence-corrected chi connectivity index (χ2v) is 5.67. The molecule has 0 radical (unpaired) electrons. The molecule has 3 rings (SSSR count). The smallest absolute Gasteiger partial charge is 0.275 e. The van der Waals surface area contributed by atoms with Gasteiger partial charge in [0.1, 0.15) is 23.1 Å². The maximum atomic E-state index is 12.9. The lowest BCUT2D eigenvalue weighted by Crippen LogP contribution is -2.25. The maximum Gasteiger partial charge on any atom is 0.275 e. The van der Waals surface area contributed by atoms with Gasteiger partial charge in [0.15, 0.2) is 0 Å². The Labute approximate surface area is 143 Å². The summed E-state index contributed by atoms with van der Waals surface area (Å²) in [6, 6.07) is 11.2. The summed E-state index contributed by atoms with van der Waals surface area (Å²) >= 11 is 5.99. The molecule has 0 atom stereocenters. The van der Waals surface area contributed by atoms with Gasteiger partial charge in [-0.05, 0) is 42.0 Å². The van der Waals surface area contributed by atoms with Gasteiger partial charge in [-0.3, -0.25) is 4.79 Å². The minimum Gasteiger partial charge on any atom is -0.496 e. The Hall–Kier alpha value is -2.66. The molecule has 0 aliphatic carbocycles. The van der Waals surface area contributed by atoms with Crippen LogP contribution in [0, 0.1) is 5.82 Å².